The SMILES string of the molecule is CC1(C)c2ccccc2-c2nc(-n3c4cc5ccccc5cc4c4cc5ccccc5cc43)nc(-c3cccc4c3oc3ccccc34)c21.c1ccc2cc3c(cc2c1)c1c2ccccc2ccc1n3-c1nc(-c2cccc3c2oc2ccccc23)c2sc3ccccc3c2n1.c1ccc2cc3c(cc2c1)c1ccc2ccccc2c1n3-c1nc(-c2cccc3c2oc2ccccc23)c2oc3ccccc3c2n1. The van der Waals surface area contributed by atoms with Gasteiger partial charge in [-0.15, -0.1) is 11.3 Å². The van der Waals surface area contributed by atoms with Crippen LogP contribution in [0.5, 0.6) is 0 Å². The molecule has 0 fully saturated rings. The molecule has 1 aliphatic rings. The fourth-order valence-corrected chi connectivity index (χ4v) is 24.5. The number of thiophene rings is 1. The molecule has 143 heavy (non-hydrogen) atoms. The average Bonchev–Trinajstić information content (AvgIpc) is 1.54. The molecule has 0 radical (unpaired) electrons. The van der Waals surface area contributed by atoms with Crippen LogP contribution in [0.25, 0.3) is 301 Å². The predicted molar refractivity (Wildman–Crippen MR) is 590 cm³/mol. The summed E-state index contributed by atoms with van der Waals surface area (Å²) in [6, 6.07) is 148. The molecule has 0 spiro atoms. The Kier molecular flexibility index (Phi) is 16.7. The van der Waals surface area contributed by atoms with Crippen LogP contribution >= 0.6 is 11.3 Å². The van der Waals surface area contributed by atoms with Crippen LogP contribution in [0.15, 0.2) is 436 Å². The van der Waals surface area contributed by atoms with Gasteiger partial charge in [0.25, 0.3) is 0 Å². The molecule has 0 unspecified atom stereocenters. The molecule has 11 heterocycles. The summed E-state index contributed by atoms with van der Waals surface area (Å²) < 4.78 is 35.3. The minimum Gasteiger partial charge on any atom is -0.455 e. The normalized spacial score (nSPS) is 12.7. The Balaban J connectivity index is 0.0000000981. The van der Waals surface area contributed by atoms with Crippen LogP contribution in [0.1, 0.15) is 25.0 Å². The lowest BCUT2D eigenvalue weighted by atomic mass is 9.80. The number of furan rings is 4. The molecule has 11 aromatic heterocycles. The van der Waals surface area contributed by atoms with Crippen molar-refractivity contribution < 1.29 is 17.7 Å². The van der Waals surface area contributed by atoms with Gasteiger partial charge in [-0.25, -0.2) is 29.9 Å². The molecular weight excluding hydrogens is 1770 g/mol. The second-order valence-corrected chi connectivity index (χ2v) is 39.2. The van der Waals surface area contributed by atoms with Crippen molar-refractivity contribution in [2.45, 2.75) is 19.3 Å². The number of para-hydroxylation sites is 7. The van der Waals surface area contributed by atoms with Crippen molar-refractivity contribution in [3.63, 3.8) is 0 Å². The summed E-state index contributed by atoms with van der Waals surface area (Å²) in [4.78, 5) is 32.8. The maximum absolute atomic E-state index is 6.64. The average molecular weight is 1850 g/mol. The van der Waals surface area contributed by atoms with Gasteiger partial charge in [0, 0.05) is 119 Å². The standard InChI is InChI=1S/C45H29N3O.C42H23N3O2.C42H23N3OS/c1-45(2)36-20-9-7-17-32(36)41-40(45)42(33-19-11-18-31-30-16-8-10-21-39(30)49-43(31)33)47-44(46-41)48-37-24-28-14-5-3-12-26(28)22-34(37)35-23-27-13-4-6-15-29(27)25-38(35)48;1-2-12-26-23-34-33(22-25(26)11-1)29-21-20-24-10-3-4-13-27(24)39(29)45(34)42-43-37-31-15-6-8-19-36(31)47-41(37)38(44-42)32-17-9-16-30-28-14-5-7-18-35(28)46-40(30)32;1-2-12-26-23-34-32(22-25(26)11-1)37-27-13-4-3-10-24(27)20-21-33(37)45(34)42-43-38-30-15-6-8-19-36(30)47-41(38)39(44-42)31-17-9-16-29-28-14-5-7-18-35(28)46-40(29)31/h3-25H,1-2H3;2*1-23H. The Morgan fingerprint density at radius 3 is 1.13 bits per heavy atom. The molecule has 666 valence electrons. The topological polar surface area (TPSA) is 145 Å². The predicted octanol–water partition coefficient (Wildman–Crippen LogP) is 34.9. The van der Waals surface area contributed by atoms with E-state index in [9.17, 15) is 0 Å². The molecule has 13 nitrogen and oxygen atoms in total. The van der Waals surface area contributed by atoms with E-state index in [0.717, 1.165) is 203 Å². The van der Waals surface area contributed by atoms with E-state index < -0.39 is 0 Å². The van der Waals surface area contributed by atoms with E-state index in [1.165, 1.54) is 80.3 Å². The summed E-state index contributed by atoms with van der Waals surface area (Å²) in [5, 5.41) is 29.9. The van der Waals surface area contributed by atoms with Crippen LogP contribution < -0.4 is 0 Å². The van der Waals surface area contributed by atoms with E-state index in [4.69, 9.17) is 47.6 Å². The third-order valence-electron chi connectivity index (χ3n) is 29.9. The summed E-state index contributed by atoms with van der Waals surface area (Å²) >= 11 is 1.74. The van der Waals surface area contributed by atoms with Gasteiger partial charge in [-0.2, -0.15) is 0 Å². The van der Waals surface area contributed by atoms with Crippen LogP contribution in [0.3, 0.4) is 0 Å². The summed E-state index contributed by atoms with van der Waals surface area (Å²) in [6.45, 7) is 4.59. The van der Waals surface area contributed by atoms with Crippen LogP contribution in [0, 0.1) is 0 Å². The van der Waals surface area contributed by atoms with Gasteiger partial charge in [-0.3, -0.25) is 13.7 Å². The maximum atomic E-state index is 6.64. The van der Waals surface area contributed by atoms with Crippen molar-refractivity contribution in [3.8, 4) is 62.9 Å². The lowest BCUT2D eigenvalue weighted by molar-refractivity contribution is 0.654. The van der Waals surface area contributed by atoms with Crippen molar-refractivity contribution in [1.82, 2.24) is 43.6 Å². The van der Waals surface area contributed by atoms with Gasteiger partial charge in [-0.05, 0) is 174 Å². The fourth-order valence-electron chi connectivity index (χ4n) is 23.4. The molecule has 33 rings (SSSR count). The van der Waals surface area contributed by atoms with E-state index in [2.05, 4.69) is 385 Å². The Hall–Kier alpha value is -18.8. The Bertz CT molecular complexity index is 11100. The highest BCUT2D eigenvalue weighted by molar-refractivity contribution is 7.26. The van der Waals surface area contributed by atoms with Crippen molar-refractivity contribution in [2.24, 2.45) is 0 Å². The number of benzene rings is 21. The molecule has 0 saturated carbocycles. The minimum absolute atomic E-state index is 0.318. The van der Waals surface area contributed by atoms with Gasteiger partial charge < -0.3 is 17.7 Å². The minimum atomic E-state index is -0.318. The van der Waals surface area contributed by atoms with Crippen molar-refractivity contribution in [2.75, 3.05) is 0 Å². The molecule has 0 N–H and O–H groups in total. The first-order valence-electron chi connectivity index (χ1n) is 48.3. The van der Waals surface area contributed by atoms with Gasteiger partial charge in [0.15, 0.2) is 5.58 Å². The van der Waals surface area contributed by atoms with E-state index in [-0.39, 0.29) is 5.41 Å². The summed E-state index contributed by atoms with van der Waals surface area (Å²) in [5.41, 5.74) is 24.1. The fraction of sp³-hybridized carbons (Fsp3) is 0.0233. The molecule has 32 aromatic rings. The molecular formula is C129H75N9O4S. The zero-order valence-electron chi connectivity index (χ0n) is 76.9. The van der Waals surface area contributed by atoms with Gasteiger partial charge in [0.1, 0.15) is 50.3 Å². The smallest absolute Gasteiger partial charge is 0.236 e. The Morgan fingerprint density at radius 2 is 0.573 bits per heavy atom. The molecule has 1 aliphatic carbocycles. The van der Waals surface area contributed by atoms with Crippen LogP contribution in [0.2, 0.25) is 0 Å². The van der Waals surface area contributed by atoms with E-state index >= 15 is 0 Å². The maximum Gasteiger partial charge on any atom is 0.236 e. The van der Waals surface area contributed by atoms with Crippen molar-refractivity contribution >= 4 is 250 Å². The first-order valence-corrected chi connectivity index (χ1v) is 49.2. The van der Waals surface area contributed by atoms with Crippen LogP contribution in [0.4, 0.5) is 0 Å². The monoisotopic (exact) mass is 1850 g/mol. The number of fused-ring (bicyclic) bond motifs is 35. The van der Waals surface area contributed by atoms with Gasteiger partial charge in [0.2, 0.25) is 17.8 Å². The highest BCUT2D eigenvalue weighted by Gasteiger charge is 2.42. The third-order valence-corrected chi connectivity index (χ3v) is 31.1. The second kappa shape index (κ2) is 30.1. The molecule has 21 aromatic carbocycles. The highest BCUT2D eigenvalue weighted by Crippen LogP contribution is 2.55. The van der Waals surface area contributed by atoms with E-state index in [1.54, 1.807) is 11.3 Å². The molecule has 14 heteroatoms. The summed E-state index contributed by atoms with van der Waals surface area (Å²) in [5.74, 6) is 1.88. The molecule has 0 saturated heterocycles. The van der Waals surface area contributed by atoms with E-state index in [0.29, 0.717) is 29.1 Å². The highest BCUT2D eigenvalue weighted by atomic mass is 32.1. The number of aromatic nitrogens is 9. The Morgan fingerprint density at radius 1 is 0.224 bits per heavy atom. The van der Waals surface area contributed by atoms with Crippen molar-refractivity contribution in [1.29, 1.82) is 0 Å². The molecule has 0 bridgehead atoms. The second-order valence-electron chi connectivity index (χ2n) is 38.1. The zero-order valence-corrected chi connectivity index (χ0v) is 77.7. The van der Waals surface area contributed by atoms with Gasteiger partial charge in [-0.1, -0.05) is 323 Å². The van der Waals surface area contributed by atoms with Crippen LogP contribution in [-0.4, -0.2) is 43.6 Å². The van der Waals surface area contributed by atoms with E-state index in [1.807, 2.05) is 60.7 Å². The first kappa shape index (κ1) is 79.3. The zero-order chi connectivity index (χ0) is 93.7. The van der Waals surface area contributed by atoms with Crippen molar-refractivity contribution in [3.05, 3.63) is 430 Å². The Labute approximate surface area is 816 Å². The lowest BCUT2D eigenvalue weighted by Gasteiger charge is -2.24. The first-order chi connectivity index (χ1) is 70.6. The largest absolute Gasteiger partial charge is 0.455 e. The summed E-state index contributed by atoms with van der Waals surface area (Å²) in [6.07, 6.45) is 0. The number of nitrogens with zero attached hydrogens (tertiary/aromatic N) is 9. The number of hydrogen-bond donors (Lipinski definition) is 0. The molecule has 0 atom stereocenters. The quantitative estimate of drug-likeness (QED) is 0.158. The number of hydrogen-bond acceptors (Lipinski definition) is 11. The van der Waals surface area contributed by atoms with Gasteiger partial charge >= 0.3 is 0 Å². The molecule has 0 amide bonds. The van der Waals surface area contributed by atoms with Crippen LogP contribution in [-0.2, 0) is 5.41 Å². The summed E-state index contributed by atoms with van der Waals surface area (Å²) in [7, 11) is 0. The third kappa shape index (κ3) is 11.7. The number of rotatable bonds is 6. The van der Waals surface area contributed by atoms with Gasteiger partial charge in [0.05, 0.1) is 60.4 Å². The molecule has 0 aliphatic heterocycles. The lowest BCUT2D eigenvalue weighted by Crippen LogP contribution is -2.18.